The highest BCUT2D eigenvalue weighted by Crippen LogP contribution is 2.12. The fourth-order valence-electron chi connectivity index (χ4n) is 1.64. The summed E-state index contributed by atoms with van der Waals surface area (Å²) in [7, 11) is 0. The number of rotatable bonds is 6. The van der Waals surface area contributed by atoms with Gasteiger partial charge in [-0.2, -0.15) is 0 Å². The third kappa shape index (κ3) is 6.38. The first-order valence-electron chi connectivity index (χ1n) is 7.09. The van der Waals surface area contributed by atoms with Crippen LogP contribution >= 0.6 is 0 Å². The molecule has 21 heavy (non-hydrogen) atoms. The van der Waals surface area contributed by atoms with Gasteiger partial charge in [-0.05, 0) is 12.5 Å². The quantitative estimate of drug-likeness (QED) is 0.791. The van der Waals surface area contributed by atoms with E-state index in [1.807, 2.05) is 20.8 Å². The predicted octanol–water partition coefficient (Wildman–Crippen LogP) is 2.38. The first-order chi connectivity index (χ1) is 9.80. The summed E-state index contributed by atoms with van der Waals surface area (Å²) in [4.78, 5) is 23.2. The number of hydrogen-bond donors (Lipinski definition) is 2. The van der Waals surface area contributed by atoms with Crippen molar-refractivity contribution in [1.29, 1.82) is 0 Å². The molecule has 0 aliphatic carbocycles. The van der Waals surface area contributed by atoms with Crippen LogP contribution in [0.3, 0.4) is 0 Å². The maximum Gasteiger partial charge on any atom is 0.225 e. The molecular weight excluding hydrogens is 271 g/mol. The Bertz CT molecular complexity index is 495. The summed E-state index contributed by atoms with van der Waals surface area (Å²) in [5.41, 5.74) is 0.0412. The van der Waals surface area contributed by atoms with E-state index in [2.05, 4.69) is 10.6 Å². The average molecular weight is 294 g/mol. The van der Waals surface area contributed by atoms with E-state index in [0.717, 1.165) is 0 Å². The van der Waals surface area contributed by atoms with E-state index in [0.29, 0.717) is 24.9 Å². The molecule has 0 unspecified atom stereocenters. The van der Waals surface area contributed by atoms with Crippen LogP contribution in [0, 0.1) is 11.2 Å². The topological polar surface area (TPSA) is 58.2 Å². The molecule has 0 bridgehead atoms. The molecule has 116 valence electrons. The van der Waals surface area contributed by atoms with E-state index in [1.54, 1.807) is 18.2 Å². The highest BCUT2D eigenvalue weighted by molar-refractivity contribution is 5.81. The summed E-state index contributed by atoms with van der Waals surface area (Å²) in [5.74, 6) is -0.507. The highest BCUT2D eigenvalue weighted by Gasteiger charge is 2.20. The Morgan fingerprint density at radius 2 is 1.81 bits per heavy atom. The molecule has 0 atom stereocenters. The van der Waals surface area contributed by atoms with Gasteiger partial charge < -0.3 is 10.6 Å². The molecule has 1 rings (SSSR count). The molecule has 0 saturated heterocycles. The molecule has 2 N–H and O–H groups in total. The van der Waals surface area contributed by atoms with Crippen LogP contribution < -0.4 is 10.6 Å². The Morgan fingerprint density at radius 1 is 1.14 bits per heavy atom. The molecule has 1 aromatic rings. The summed E-state index contributed by atoms with van der Waals surface area (Å²) in [6.07, 6.45) is 0.865. The van der Waals surface area contributed by atoms with Crippen molar-refractivity contribution in [2.75, 3.05) is 6.54 Å². The molecule has 0 aromatic heterocycles. The molecular formula is C16H23FN2O2. The van der Waals surface area contributed by atoms with Crippen molar-refractivity contribution in [2.45, 2.75) is 40.2 Å². The van der Waals surface area contributed by atoms with Gasteiger partial charge in [0, 0.05) is 30.5 Å². The minimum absolute atomic E-state index is 0.0331. The predicted molar refractivity (Wildman–Crippen MR) is 79.9 cm³/mol. The van der Waals surface area contributed by atoms with E-state index < -0.39 is 5.41 Å². The summed E-state index contributed by atoms with van der Waals surface area (Å²) in [6, 6.07) is 6.34. The van der Waals surface area contributed by atoms with E-state index in [4.69, 9.17) is 0 Å². The molecule has 0 heterocycles. The monoisotopic (exact) mass is 294 g/mol. The fourth-order valence-corrected chi connectivity index (χ4v) is 1.64. The molecule has 5 heteroatoms. The molecule has 0 aliphatic heterocycles. The number of benzene rings is 1. The van der Waals surface area contributed by atoms with Gasteiger partial charge in [0.05, 0.1) is 0 Å². The van der Waals surface area contributed by atoms with Crippen molar-refractivity contribution in [1.82, 2.24) is 10.6 Å². The lowest BCUT2D eigenvalue weighted by atomic mass is 9.96. The second kappa shape index (κ2) is 7.76. The van der Waals surface area contributed by atoms with Crippen LogP contribution in [-0.4, -0.2) is 18.4 Å². The third-order valence-corrected chi connectivity index (χ3v) is 2.98. The Balaban J connectivity index is 2.21. The summed E-state index contributed by atoms with van der Waals surface area (Å²) < 4.78 is 13.3. The second-order valence-corrected chi connectivity index (χ2v) is 5.98. The van der Waals surface area contributed by atoms with Gasteiger partial charge in [-0.3, -0.25) is 9.59 Å². The first kappa shape index (κ1) is 17.1. The molecule has 0 radical (unpaired) electrons. The van der Waals surface area contributed by atoms with Gasteiger partial charge in [0.2, 0.25) is 11.8 Å². The van der Waals surface area contributed by atoms with Gasteiger partial charge in [0.1, 0.15) is 5.82 Å². The van der Waals surface area contributed by atoms with Crippen LogP contribution in [0.25, 0.3) is 0 Å². The Hall–Kier alpha value is -1.91. The number of nitrogens with one attached hydrogen (secondary N) is 2. The van der Waals surface area contributed by atoms with E-state index >= 15 is 0 Å². The van der Waals surface area contributed by atoms with Gasteiger partial charge in [-0.25, -0.2) is 4.39 Å². The molecule has 2 amide bonds. The van der Waals surface area contributed by atoms with Crippen molar-refractivity contribution < 1.29 is 14.0 Å². The van der Waals surface area contributed by atoms with Crippen LogP contribution in [-0.2, 0) is 16.1 Å². The Kier molecular flexibility index (Phi) is 6.34. The van der Waals surface area contributed by atoms with Crippen LogP contribution in [0.5, 0.6) is 0 Å². The average Bonchev–Trinajstić information content (AvgIpc) is 2.41. The molecule has 1 aromatic carbocycles. The van der Waals surface area contributed by atoms with Crippen molar-refractivity contribution in [3.05, 3.63) is 35.6 Å². The smallest absolute Gasteiger partial charge is 0.225 e. The minimum Gasteiger partial charge on any atom is -0.356 e. The summed E-state index contributed by atoms with van der Waals surface area (Å²) in [5, 5.41) is 5.45. The van der Waals surface area contributed by atoms with Crippen molar-refractivity contribution in [2.24, 2.45) is 5.41 Å². The zero-order valence-electron chi connectivity index (χ0n) is 12.8. The van der Waals surface area contributed by atoms with Gasteiger partial charge in [0.15, 0.2) is 0 Å². The van der Waals surface area contributed by atoms with Gasteiger partial charge in [0.25, 0.3) is 0 Å². The zero-order chi connectivity index (χ0) is 15.9. The molecule has 0 spiro atoms. The van der Waals surface area contributed by atoms with Crippen LogP contribution in [0.2, 0.25) is 0 Å². The van der Waals surface area contributed by atoms with Gasteiger partial charge >= 0.3 is 0 Å². The lowest BCUT2D eigenvalue weighted by Crippen LogP contribution is -2.35. The number of carbonyl (C=O) groups is 2. The number of amides is 2. The second-order valence-electron chi connectivity index (χ2n) is 5.98. The number of carbonyl (C=O) groups excluding carboxylic acids is 2. The van der Waals surface area contributed by atoms with Crippen molar-refractivity contribution >= 4 is 11.8 Å². The van der Waals surface area contributed by atoms with E-state index in [-0.39, 0.29) is 24.2 Å². The summed E-state index contributed by atoms with van der Waals surface area (Å²) in [6.45, 7) is 6.15. The maximum atomic E-state index is 13.3. The van der Waals surface area contributed by atoms with Crippen LogP contribution in [0.4, 0.5) is 4.39 Å². The Morgan fingerprint density at radius 3 is 2.43 bits per heavy atom. The Labute approximate surface area is 125 Å². The largest absolute Gasteiger partial charge is 0.356 e. The first-order valence-corrected chi connectivity index (χ1v) is 7.09. The lowest BCUT2D eigenvalue weighted by Gasteiger charge is -2.17. The molecule has 4 nitrogen and oxygen atoms in total. The molecule has 0 aliphatic rings. The number of halogens is 1. The fraction of sp³-hybridized carbons (Fsp3) is 0.500. The SMILES string of the molecule is CC(C)(C)C(=O)NCCCC(=O)NCc1ccccc1F. The lowest BCUT2D eigenvalue weighted by molar-refractivity contribution is -0.128. The van der Waals surface area contributed by atoms with Crippen molar-refractivity contribution in [3.8, 4) is 0 Å². The van der Waals surface area contributed by atoms with Crippen molar-refractivity contribution in [3.63, 3.8) is 0 Å². The highest BCUT2D eigenvalue weighted by atomic mass is 19.1. The molecule has 0 saturated carbocycles. The number of hydrogen-bond acceptors (Lipinski definition) is 2. The van der Waals surface area contributed by atoms with E-state index in [9.17, 15) is 14.0 Å². The normalized spacial score (nSPS) is 11.0. The molecule has 0 fully saturated rings. The standard InChI is InChI=1S/C16H23FN2O2/c1-16(2,3)15(21)18-10-6-9-14(20)19-11-12-7-4-5-8-13(12)17/h4-5,7-8H,6,9-11H2,1-3H3,(H,18,21)(H,19,20). The maximum absolute atomic E-state index is 13.3. The van der Waals surface area contributed by atoms with Crippen LogP contribution in [0.15, 0.2) is 24.3 Å². The van der Waals surface area contributed by atoms with Gasteiger partial charge in [-0.1, -0.05) is 39.0 Å². The minimum atomic E-state index is -0.424. The van der Waals surface area contributed by atoms with E-state index in [1.165, 1.54) is 6.07 Å². The van der Waals surface area contributed by atoms with Gasteiger partial charge in [-0.15, -0.1) is 0 Å². The third-order valence-electron chi connectivity index (χ3n) is 2.98. The zero-order valence-corrected chi connectivity index (χ0v) is 12.8. The van der Waals surface area contributed by atoms with Crippen LogP contribution in [0.1, 0.15) is 39.2 Å². The summed E-state index contributed by atoms with van der Waals surface area (Å²) >= 11 is 0.